The molecular weight excluding hydrogens is 376 g/mol. The number of morpholine rings is 1. The largest absolute Gasteiger partial charge is 0.379 e. The van der Waals surface area contributed by atoms with Crippen molar-refractivity contribution in [2.75, 3.05) is 59.5 Å². The Morgan fingerprint density at radius 3 is 2.86 bits per heavy atom. The summed E-state index contributed by atoms with van der Waals surface area (Å²) in [7, 11) is 1.87. The topological polar surface area (TPSA) is 66.0 Å². The van der Waals surface area contributed by atoms with E-state index in [1.807, 2.05) is 29.3 Å². The van der Waals surface area contributed by atoms with E-state index in [4.69, 9.17) is 4.74 Å². The molecule has 1 aromatic heterocycles. The molecule has 0 aromatic carbocycles. The number of carbonyl (C=O) groups excluding carboxylic acids is 2. The Morgan fingerprint density at radius 2 is 2.14 bits per heavy atom. The van der Waals surface area contributed by atoms with Crippen LogP contribution in [0.3, 0.4) is 0 Å². The first kappa shape index (κ1) is 21.2. The lowest BCUT2D eigenvalue weighted by molar-refractivity contribution is -0.142. The Bertz CT molecular complexity index is 660. The van der Waals surface area contributed by atoms with Gasteiger partial charge in [0.15, 0.2) is 0 Å². The van der Waals surface area contributed by atoms with Crippen molar-refractivity contribution < 1.29 is 14.3 Å². The zero-order chi connectivity index (χ0) is 19.9. The van der Waals surface area contributed by atoms with Crippen molar-refractivity contribution in [1.29, 1.82) is 0 Å². The third kappa shape index (κ3) is 5.75. The monoisotopic (exact) mass is 408 g/mol. The number of thiazole rings is 1. The number of rotatable bonds is 8. The maximum absolute atomic E-state index is 12.9. The molecule has 3 heterocycles. The summed E-state index contributed by atoms with van der Waals surface area (Å²) in [5, 5.41) is 0. The number of aryl methyl sites for hydroxylation is 1. The van der Waals surface area contributed by atoms with Crippen LogP contribution in [0, 0.1) is 12.8 Å². The molecule has 28 heavy (non-hydrogen) atoms. The SMILES string of the molecule is Cc1ncsc1CCN(C)C(=O)[C@@H]1CCC(=O)N(CCCN2CCOCC2)C1. The number of ether oxygens (including phenoxy) is 1. The first-order valence-corrected chi connectivity index (χ1v) is 11.1. The summed E-state index contributed by atoms with van der Waals surface area (Å²) in [5.41, 5.74) is 2.91. The van der Waals surface area contributed by atoms with Crippen LogP contribution in [0.1, 0.15) is 29.8 Å². The number of likely N-dealkylation sites (tertiary alicyclic amines) is 1. The van der Waals surface area contributed by atoms with E-state index in [2.05, 4.69) is 9.88 Å². The van der Waals surface area contributed by atoms with Gasteiger partial charge in [0.2, 0.25) is 11.8 Å². The molecule has 0 bridgehead atoms. The smallest absolute Gasteiger partial charge is 0.227 e. The lowest BCUT2D eigenvalue weighted by Gasteiger charge is -2.34. The molecule has 2 saturated heterocycles. The Balaban J connectivity index is 1.43. The van der Waals surface area contributed by atoms with Gasteiger partial charge in [0, 0.05) is 64.0 Å². The highest BCUT2D eigenvalue weighted by molar-refractivity contribution is 7.09. The zero-order valence-corrected chi connectivity index (χ0v) is 17.9. The molecule has 0 aliphatic carbocycles. The lowest BCUT2D eigenvalue weighted by atomic mass is 9.96. The molecule has 1 atom stereocenters. The van der Waals surface area contributed by atoms with Gasteiger partial charge in [0.25, 0.3) is 0 Å². The van der Waals surface area contributed by atoms with E-state index < -0.39 is 0 Å². The summed E-state index contributed by atoms with van der Waals surface area (Å²) in [6, 6.07) is 0. The Morgan fingerprint density at radius 1 is 1.36 bits per heavy atom. The predicted molar refractivity (Wildman–Crippen MR) is 109 cm³/mol. The first-order valence-electron chi connectivity index (χ1n) is 10.3. The molecule has 0 N–H and O–H groups in total. The Labute approximate surface area is 171 Å². The molecule has 8 heteroatoms. The van der Waals surface area contributed by atoms with Crippen molar-refractivity contribution >= 4 is 23.2 Å². The van der Waals surface area contributed by atoms with Gasteiger partial charge in [-0.1, -0.05) is 0 Å². The van der Waals surface area contributed by atoms with Crippen molar-refractivity contribution in [1.82, 2.24) is 19.7 Å². The maximum Gasteiger partial charge on any atom is 0.227 e. The summed E-state index contributed by atoms with van der Waals surface area (Å²) >= 11 is 1.65. The van der Waals surface area contributed by atoms with E-state index in [0.717, 1.165) is 57.9 Å². The second-order valence-corrected chi connectivity index (χ2v) is 8.69. The van der Waals surface area contributed by atoms with E-state index in [1.165, 1.54) is 4.88 Å². The number of carbonyl (C=O) groups is 2. The summed E-state index contributed by atoms with van der Waals surface area (Å²) in [4.78, 5) is 36.8. The minimum Gasteiger partial charge on any atom is -0.379 e. The van der Waals surface area contributed by atoms with E-state index >= 15 is 0 Å². The maximum atomic E-state index is 12.9. The predicted octanol–water partition coefficient (Wildman–Crippen LogP) is 1.41. The molecule has 2 aliphatic heterocycles. The number of likely N-dealkylation sites (N-methyl/N-ethyl adjacent to an activating group) is 1. The standard InChI is InChI=1S/C20H32N4O3S/c1-16-18(28-15-21-16)6-9-22(2)20(26)17-4-5-19(25)24(14-17)8-3-7-23-10-12-27-13-11-23/h15,17H,3-14H2,1-2H3/t17-/m1/s1. The van der Waals surface area contributed by atoms with Crippen LogP contribution >= 0.6 is 11.3 Å². The average molecular weight is 409 g/mol. The van der Waals surface area contributed by atoms with Crippen LogP contribution in [0.15, 0.2) is 5.51 Å². The normalized spacial score (nSPS) is 21.1. The highest BCUT2D eigenvalue weighted by Gasteiger charge is 2.31. The third-order valence-corrected chi connectivity index (χ3v) is 6.75. The zero-order valence-electron chi connectivity index (χ0n) is 17.1. The van der Waals surface area contributed by atoms with Crippen molar-refractivity contribution in [3.63, 3.8) is 0 Å². The highest BCUT2D eigenvalue weighted by atomic mass is 32.1. The van der Waals surface area contributed by atoms with Gasteiger partial charge in [0.05, 0.1) is 30.3 Å². The van der Waals surface area contributed by atoms with Gasteiger partial charge >= 0.3 is 0 Å². The minimum atomic E-state index is -0.0753. The highest BCUT2D eigenvalue weighted by Crippen LogP contribution is 2.21. The number of nitrogens with zero attached hydrogens (tertiary/aromatic N) is 4. The van der Waals surface area contributed by atoms with Gasteiger partial charge in [-0.2, -0.15) is 0 Å². The number of piperidine rings is 1. The third-order valence-electron chi connectivity index (χ3n) is 5.75. The molecule has 0 radical (unpaired) electrons. The molecule has 0 spiro atoms. The van der Waals surface area contributed by atoms with Gasteiger partial charge in [-0.3, -0.25) is 14.5 Å². The number of hydrogen-bond acceptors (Lipinski definition) is 6. The van der Waals surface area contributed by atoms with Gasteiger partial charge in [-0.05, 0) is 19.8 Å². The molecule has 7 nitrogen and oxygen atoms in total. The molecule has 2 aliphatic rings. The fourth-order valence-electron chi connectivity index (χ4n) is 3.90. The molecule has 1 aromatic rings. The average Bonchev–Trinajstić information content (AvgIpc) is 3.12. The number of hydrogen-bond donors (Lipinski definition) is 0. The Hall–Kier alpha value is -1.51. The van der Waals surface area contributed by atoms with Crippen LogP contribution in [0.5, 0.6) is 0 Å². The van der Waals surface area contributed by atoms with E-state index in [1.54, 1.807) is 11.3 Å². The van der Waals surface area contributed by atoms with Crippen LogP contribution in [-0.2, 0) is 20.7 Å². The van der Waals surface area contributed by atoms with E-state index in [-0.39, 0.29) is 17.7 Å². The summed E-state index contributed by atoms with van der Waals surface area (Å²) in [6.07, 6.45) is 2.94. The van der Waals surface area contributed by atoms with Crippen LogP contribution in [0.2, 0.25) is 0 Å². The molecule has 3 rings (SSSR count). The van der Waals surface area contributed by atoms with E-state index in [9.17, 15) is 9.59 Å². The van der Waals surface area contributed by atoms with Gasteiger partial charge in [-0.15, -0.1) is 11.3 Å². The minimum absolute atomic E-state index is 0.0753. The van der Waals surface area contributed by atoms with E-state index in [0.29, 0.717) is 25.9 Å². The van der Waals surface area contributed by atoms with Crippen LogP contribution in [0.25, 0.3) is 0 Å². The quantitative estimate of drug-likeness (QED) is 0.651. The first-order chi connectivity index (χ1) is 13.5. The second kappa shape index (κ2) is 10.3. The van der Waals surface area contributed by atoms with Crippen molar-refractivity contribution in [2.24, 2.45) is 5.92 Å². The second-order valence-electron chi connectivity index (χ2n) is 7.75. The van der Waals surface area contributed by atoms with Crippen LogP contribution in [0.4, 0.5) is 0 Å². The Kier molecular flexibility index (Phi) is 7.82. The summed E-state index contributed by atoms with van der Waals surface area (Å²) in [6.45, 7) is 8.53. The number of amides is 2. The summed E-state index contributed by atoms with van der Waals surface area (Å²) in [5.74, 6) is 0.274. The van der Waals surface area contributed by atoms with Gasteiger partial charge in [0.1, 0.15) is 0 Å². The lowest BCUT2D eigenvalue weighted by Crippen LogP contribution is -2.47. The molecular formula is C20H32N4O3S. The van der Waals surface area contributed by atoms with Crippen LogP contribution in [-0.4, -0.2) is 91.0 Å². The molecule has 2 amide bonds. The van der Waals surface area contributed by atoms with Crippen molar-refractivity contribution in [3.8, 4) is 0 Å². The number of aromatic nitrogens is 1. The fraction of sp³-hybridized carbons (Fsp3) is 0.750. The van der Waals surface area contributed by atoms with Gasteiger partial charge in [-0.25, -0.2) is 4.98 Å². The fourth-order valence-corrected chi connectivity index (χ4v) is 4.67. The van der Waals surface area contributed by atoms with Crippen molar-refractivity contribution in [2.45, 2.75) is 32.6 Å². The molecule has 156 valence electrons. The van der Waals surface area contributed by atoms with Crippen molar-refractivity contribution in [3.05, 3.63) is 16.1 Å². The van der Waals surface area contributed by atoms with Gasteiger partial charge < -0.3 is 14.5 Å². The molecule has 0 unspecified atom stereocenters. The molecule has 2 fully saturated rings. The summed E-state index contributed by atoms with van der Waals surface area (Å²) < 4.78 is 5.37. The van der Waals surface area contributed by atoms with Crippen LogP contribution < -0.4 is 0 Å². The molecule has 0 saturated carbocycles.